The molecule has 31 heavy (non-hydrogen) atoms. The fourth-order valence-electron chi connectivity index (χ4n) is 3.36. The van der Waals surface area contributed by atoms with Gasteiger partial charge in [0.05, 0.1) is 23.4 Å². The van der Waals surface area contributed by atoms with Gasteiger partial charge in [-0.3, -0.25) is 9.69 Å². The summed E-state index contributed by atoms with van der Waals surface area (Å²) in [6.07, 6.45) is 4.70. The van der Waals surface area contributed by atoms with Crippen LogP contribution in [0.3, 0.4) is 0 Å². The first-order valence-corrected chi connectivity index (χ1v) is 11.3. The van der Waals surface area contributed by atoms with Crippen LogP contribution >= 0.6 is 24.0 Å². The molecule has 0 unspecified atom stereocenters. The first-order valence-electron chi connectivity index (χ1n) is 10.1. The van der Waals surface area contributed by atoms with Crippen LogP contribution in [0.4, 0.5) is 0 Å². The van der Waals surface area contributed by atoms with Crippen molar-refractivity contribution in [2.24, 2.45) is 0 Å². The number of nitrogens with zero attached hydrogens (tertiary/aromatic N) is 3. The van der Waals surface area contributed by atoms with Gasteiger partial charge in [0.2, 0.25) is 0 Å². The number of thiocarbonyl (C=S) groups is 1. The summed E-state index contributed by atoms with van der Waals surface area (Å²) in [4.78, 5) is 15.4. The van der Waals surface area contributed by atoms with Crippen LogP contribution in [-0.4, -0.2) is 38.1 Å². The molecule has 2 aromatic carbocycles. The average Bonchev–Trinajstić information content (AvgIpc) is 3.34. The van der Waals surface area contributed by atoms with E-state index >= 15 is 0 Å². The number of benzene rings is 2. The zero-order valence-corrected chi connectivity index (χ0v) is 19.2. The summed E-state index contributed by atoms with van der Waals surface area (Å²) in [5.41, 5.74) is 3.54. The Morgan fingerprint density at radius 2 is 1.87 bits per heavy atom. The molecular formula is C24H23N3O2S2. The molecule has 1 aromatic heterocycles. The Hall–Kier alpha value is -2.90. The third-order valence-corrected chi connectivity index (χ3v) is 6.60. The lowest BCUT2D eigenvalue weighted by atomic mass is 10.1. The van der Waals surface area contributed by atoms with Crippen molar-refractivity contribution in [3.05, 3.63) is 71.3 Å². The molecule has 1 aliphatic rings. The molecule has 0 bridgehead atoms. The minimum Gasteiger partial charge on any atom is -0.497 e. The number of para-hydroxylation sites is 1. The van der Waals surface area contributed by atoms with Crippen LogP contribution in [0, 0.1) is 0 Å². The molecule has 158 valence electrons. The van der Waals surface area contributed by atoms with Crippen molar-refractivity contribution in [1.29, 1.82) is 0 Å². The van der Waals surface area contributed by atoms with E-state index in [0.717, 1.165) is 34.7 Å². The van der Waals surface area contributed by atoms with Crippen molar-refractivity contribution in [1.82, 2.24) is 14.7 Å². The van der Waals surface area contributed by atoms with Crippen LogP contribution < -0.4 is 4.74 Å². The molecule has 1 fully saturated rings. The fraction of sp³-hybridized carbons (Fsp3) is 0.208. The van der Waals surface area contributed by atoms with E-state index in [2.05, 4.69) is 6.92 Å². The van der Waals surface area contributed by atoms with Crippen LogP contribution in [-0.2, 0) is 4.79 Å². The van der Waals surface area contributed by atoms with Gasteiger partial charge in [0.15, 0.2) is 0 Å². The molecule has 0 N–H and O–H groups in total. The summed E-state index contributed by atoms with van der Waals surface area (Å²) >= 11 is 6.83. The summed E-state index contributed by atoms with van der Waals surface area (Å²) < 4.78 is 7.72. The minimum atomic E-state index is -0.0440. The maximum Gasteiger partial charge on any atom is 0.266 e. The number of aromatic nitrogens is 2. The number of amides is 1. The average molecular weight is 450 g/mol. The second kappa shape index (κ2) is 9.08. The Kier molecular flexibility index (Phi) is 6.25. The number of thioether (sulfide) groups is 1. The van der Waals surface area contributed by atoms with Crippen LogP contribution in [0.5, 0.6) is 5.75 Å². The molecular weight excluding hydrogens is 426 g/mol. The van der Waals surface area contributed by atoms with Gasteiger partial charge in [-0.25, -0.2) is 4.68 Å². The van der Waals surface area contributed by atoms with Gasteiger partial charge >= 0.3 is 0 Å². The van der Waals surface area contributed by atoms with E-state index in [1.807, 2.05) is 78.5 Å². The van der Waals surface area contributed by atoms with Crippen LogP contribution in [0.15, 0.2) is 65.7 Å². The van der Waals surface area contributed by atoms with Crippen molar-refractivity contribution < 1.29 is 9.53 Å². The predicted octanol–water partition coefficient (Wildman–Crippen LogP) is 5.55. The second-order valence-corrected chi connectivity index (χ2v) is 8.93. The highest BCUT2D eigenvalue weighted by Gasteiger charge is 2.35. The number of methoxy groups -OCH3 is 1. The van der Waals surface area contributed by atoms with E-state index in [1.165, 1.54) is 11.8 Å². The molecule has 7 heteroatoms. The van der Waals surface area contributed by atoms with E-state index in [0.29, 0.717) is 9.23 Å². The van der Waals surface area contributed by atoms with Crippen LogP contribution in [0.2, 0.25) is 0 Å². The molecule has 4 rings (SSSR count). The number of carbonyl (C=O) groups is 1. The quantitative estimate of drug-likeness (QED) is 0.365. The maximum atomic E-state index is 13.0. The molecule has 0 spiro atoms. The third kappa shape index (κ3) is 4.29. The predicted molar refractivity (Wildman–Crippen MR) is 130 cm³/mol. The summed E-state index contributed by atoms with van der Waals surface area (Å²) in [6.45, 7) is 4.07. The van der Waals surface area contributed by atoms with Gasteiger partial charge in [0.25, 0.3) is 5.91 Å². The van der Waals surface area contributed by atoms with Crippen LogP contribution in [0.1, 0.15) is 25.8 Å². The summed E-state index contributed by atoms with van der Waals surface area (Å²) in [6, 6.07) is 17.7. The highest BCUT2D eigenvalue weighted by molar-refractivity contribution is 8.26. The highest BCUT2D eigenvalue weighted by atomic mass is 32.2. The zero-order chi connectivity index (χ0) is 22.0. The number of hydrogen-bond acceptors (Lipinski definition) is 5. The van der Waals surface area contributed by atoms with Gasteiger partial charge in [-0.1, -0.05) is 49.1 Å². The van der Waals surface area contributed by atoms with Crippen molar-refractivity contribution in [2.75, 3.05) is 7.11 Å². The first kappa shape index (κ1) is 21.3. The third-order valence-electron chi connectivity index (χ3n) is 5.27. The number of carbonyl (C=O) groups excluding carboxylic acids is 1. The Balaban J connectivity index is 1.79. The lowest BCUT2D eigenvalue weighted by molar-refractivity contribution is -0.123. The van der Waals surface area contributed by atoms with Gasteiger partial charge in [-0.2, -0.15) is 5.10 Å². The molecule has 0 saturated carbocycles. The second-order valence-electron chi connectivity index (χ2n) is 7.25. The van der Waals surface area contributed by atoms with Crippen molar-refractivity contribution in [2.45, 2.75) is 26.3 Å². The SMILES string of the molecule is CC[C@H](C)N1C(=O)/C(=C/c2cn(-c3ccccc3)nc2-c2ccc(OC)cc2)SC1=S. The van der Waals surface area contributed by atoms with Gasteiger partial charge < -0.3 is 4.74 Å². The van der Waals surface area contributed by atoms with Crippen LogP contribution in [0.25, 0.3) is 23.0 Å². The van der Waals surface area contributed by atoms with E-state index in [4.69, 9.17) is 22.1 Å². The summed E-state index contributed by atoms with van der Waals surface area (Å²) in [7, 11) is 1.64. The maximum absolute atomic E-state index is 13.0. The van der Waals surface area contributed by atoms with E-state index < -0.39 is 0 Å². The fourth-order valence-corrected chi connectivity index (χ4v) is 4.82. The summed E-state index contributed by atoms with van der Waals surface area (Å²) in [5.74, 6) is 0.736. The van der Waals surface area contributed by atoms with Gasteiger partial charge in [0.1, 0.15) is 10.1 Å². The largest absolute Gasteiger partial charge is 0.497 e. The van der Waals surface area contributed by atoms with Gasteiger partial charge in [-0.05, 0) is 55.8 Å². The van der Waals surface area contributed by atoms with Crippen molar-refractivity contribution in [3.63, 3.8) is 0 Å². The molecule has 1 amide bonds. The van der Waals surface area contributed by atoms with E-state index in [1.54, 1.807) is 12.0 Å². The molecule has 0 aliphatic carbocycles. The lowest BCUT2D eigenvalue weighted by Gasteiger charge is -2.21. The van der Waals surface area contributed by atoms with Gasteiger partial charge in [0, 0.05) is 23.4 Å². The molecule has 2 heterocycles. The molecule has 1 aliphatic heterocycles. The lowest BCUT2D eigenvalue weighted by Crippen LogP contribution is -2.36. The Morgan fingerprint density at radius 1 is 1.16 bits per heavy atom. The molecule has 1 atom stereocenters. The molecule has 3 aromatic rings. The smallest absolute Gasteiger partial charge is 0.266 e. The Morgan fingerprint density at radius 3 is 2.52 bits per heavy atom. The normalized spacial score (nSPS) is 16.2. The zero-order valence-electron chi connectivity index (χ0n) is 17.6. The molecule has 0 radical (unpaired) electrons. The summed E-state index contributed by atoms with van der Waals surface area (Å²) in [5, 5.41) is 4.83. The topological polar surface area (TPSA) is 47.4 Å². The number of hydrogen-bond donors (Lipinski definition) is 0. The van der Waals surface area contributed by atoms with Crippen molar-refractivity contribution in [3.8, 4) is 22.7 Å². The minimum absolute atomic E-state index is 0.0440. The standard InChI is InChI=1S/C24H23N3O2S2/c1-4-16(2)27-23(28)21(31-24(27)30)14-18-15-26(19-8-6-5-7-9-19)25-22(18)17-10-12-20(29-3)13-11-17/h5-16H,4H2,1-3H3/b21-14-/t16-/m0/s1. The van der Waals surface area contributed by atoms with Gasteiger partial charge in [-0.15, -0.1) is 0 Å². The van der Waals surface area contributed by atoms with Crippen molar-refractivity contribution >= 4 is 40.3 Å². The van der Waals surface area contributed by atoms with E-state index in [9.17, 15) is 4.79 Å². The Bertz CT molecular complexity index is 1140. The molecule has 1 saturated heterocycles. The van der Waals surface area contributed by atoms with E-state index in [-0.39, 0.29) is 11.9 Å². The highest BCUT2D eigenvalue weighted by Crippen LogP contribution is 2.36. The monoisotopic (exact) mass is 449 g/mol. The number of ether oxygens (including phenoxy) is 1. The Labute approximate surface area is 191 Å². The number of rotatable bonds is 6. The first-order chi connectivity index (χ1) is 15.0. The molecule has 5 nitrogen and oxygen atoms in total.